The molecule has 0 saturated heterocycles. The van der Waals surface area contributed by atoms with Crippen LogP contribution in [0.5, 0.6) is 0 Å². The molecule has 0 bridgehead atoms. The maximum absolute atomic E-state index is 5.44. The van der Waals surface area contributed by atoms with Gasteiger partial charge in [-0.2, -0.15) is 0 Å². The molecule has 0 spiro atoms. The summed E-state index contributed by atoms with van der Waals surface area (Å²) in [5.74, 6) is 1.03. The molecule has 5 heteroatoms. The lowest BCUT2D eigenvalue weighted by atomic mass is 10.2. The zero-order valence-corrected chi connectivity index (χ0v) is 9.73. The van der Waals surface area contributed by atoms with E-state index in [1.807, 2.05) is 6.20 Å². The lowest BCUT2D eigenvalue weighted by Gasteiger charge is -2.01. The van der Waals surface area contributed by atoms with E-state index in [0.717, 1.165) is 31.2 Å². The van der Waals surface area contributed by atoms with Crippen LogP contribution in [0.4, 0.5) is 0 Å². The maximum atomic E-state index is 5.44. The van der Waals surface area contributed by atoms with Crippen LogP contribution in [-0.2, 0) is 13.1 Å². The summed E-state index contributed by atoms with van der Waals surface area (Å²) in [7, 11) is 0. The van der Waals surface area contributed by atoms with Crippen molar-refractivity contribution in [1.29, 1.82) is 0 Å². The van der Waals surface area contributed by atoms with E-state index < -0.39 is 0 Å². The van der Waals surface area contributed by atoms with Crippen molar-refractivity contribution in [2.75, 3.05) is 13.1 Å². The largest absolute Gasteiger partial charge is 0.329 e. The molecule has 5 nitrogen and oxygen atoms in total. The quantitative estimate of drug-likeness (QED) is 0.630. The Bertz CT molecular complexity index is 305. The highest BCUT2D eigenvalue weighted by Gasteiger charge is 2.19. The molecule has 1 aliphatic rings. The van der Waals surface area contributed by atoms with Crippen LogP contribution in [0.1, 0.15) is 31.4 Å². The number of nitrogens with one attached hydrogen (secondary N) is 1. The van der Waals surface area contributed by atoms with Crippen molar-refractivity contribution in [2.24, 2.45) is 11.7 Å². The van der Waals surface area contributed by atoms with Crippen LogP contribution in [0.25, 0.3) is 0 Å². The number of nitrogens with zero attached hydrogens (tertiary/aromatic N) is 3. The minimum Gasteiger partial charge on any atom is -0.329 e. The molecule has 1 fully saturated rings. The molecule has 0 atom stereocenters. The molecule has 90 valence electrons. The topological polar surface area (TPSA) is 68.8 Å². The molecule has 1 aromatic heterocycles. The fourth-order valence-electron chi connectivity index (χ4n) is 1.80. The smallest absolute Gasteiger partial charge is 0.0964 e. The third kappa shape index (κ3) is 3.90. The van der Waals surface area contributed by atoms with Crippen LogP contribution in [0.3, 0.4) is 0 Å². The predicted octanol–water partition coefficient (Wildman–Crippen LogP) is 0.517. The van der Waals surface area contributed by atoms with Crippen molar-refractivity contribution >= 4 is 0 Å². The molecule has 0 amide bonds. The Labute approximate surface area is 96.4 Å². The van der Waals surface area contributed by atoms with Crippen LogP contribution in [0.2, 0.25) is 0 Å². The number of nitrogens with two attached hydrogens (primary N) is 1. The number of hydrogen-bond acceptors (Lipinski definition) is 4. The molecular weight excluding hydrogens is 202 g/mol. The lowest BCUT2D eigenvalue weighted by Crippen LogP contribution is -2.15. The Morgan fingerprint density at radius 1 is 1.50 bits per heavy atom. The molecule has 0 unspecified atom stereocenters. The molecular formula is C11H21N5. The van der Waals surface area contributed by atoms with Crippen molar-refractivity contribution in [3.63, 3.8) is 0 Å². The van der Waals surface area contributed by atoms with Crippen molar-refractivity contribution in [3.8, 4) is 0 Å². The Morgan fingerprint density at radius 2 is 2.38 bits per heavy atom. The normalized spacial score (nSPS) is 15.6. The number of rotatable bonds is 8. The standard InChI is InChI=1S/C11H21N5/c12-5-7-16-9-11(14-15-16)8-13-6-1-2-10-3-4-10/h9-10,13H,1-8,12H2. The number of aromatic nitrogens is 3. The van der Waals surface area contributed by atoms with Crippen molar-refractivity contribution in [3.05, 3.63) is 11.9 Å². The van der Waals surface area contributed by atoms with Gasteiger partial charge in [0.2, 0.25) is 0 Å². The zero-order valence-electron chi connectivity index (χ0n) is 9.73. The van der Waals surface area contributed by atoms with Gasteiger partial charge in [-0.3, -0.25) is 4.68 Å². The fourth-order valence-corrected chi connectivity index (χ4v) is 1.80. The van der Waals surface area contributed by atoms with E-state index >= 15 is 0 Å². The molecule has 1 aliphatic carbocycles. The fraction of sp³-hybridized carbons (Fsp3) is 0.818. The Hall–Kier alpha value is -0.940. The summed E-state index contributed by atoms with van der Waals surface area (Å²) in [4.78, 5) is 0. The molecule has 1 aromatic rings. The highest BCUT2D eigenvalue weighted by molar-refractivity contribution is 4.91. The minimum atomic E-state index is 0.609. The van der Waals surface area contributed by atoms with Gasteiger partial charge in [-0.05, 0) is 25.3 Å². The minimum absolute atomic E-state index is 0.609. The Balaban J connectivity index is 1.56. The van der Waals surface area contributed by atoms with Gasteiger partial charge in [0, 0.05) is 19.3 Å². The van der Waals surface area contributed by atoms with E-state index in [-0.39, 0.29) is 0 Å². The van der Waals surface area contributed by atoms with Gasteiger partial charge in [0.25, 0.3) is 0 Å². The first-order valence-corrected chi connectivity index (χ1v) is 6.18. The van der Waals surface area contributed by atoms with Crippen molar-refractivity contribution in [1.82, 2.24) is 20.3 Å². The second-order valence-corrected chi connectivity index (χ2v) is 4.52. The third-order valence-corrected chi connectivity index (χ3v) is 2.91. The van der Waals surface area contributed by atoms with Crippen molar-refractivity contribution in [2.45, 2.75) is 38.8 Å². The summed E-state index contributed by atoms with van der Waals surface area (Å²) >= 11 is 0. The lowest BCUT2D eigenvalue weighted by molar-refractivity contribution is 0.587. The first kappa shape index (κ1) is 11.5. The summed E-state index contributed by atoms with van der Waals surface area (Å²) in [6.45, 7) is 3.25. The molecule has 16 heavy (non-hydrogen) atoms. The molecule has 0 aliphatic heterocycles. The predicted molar refractivity (Wildman–Crippen MR) is 62.7 cm³/mol. The van der Waals surface area contributed by atoms with Crippen LogP contribution in [-0.4, -0.2) is 28.1 Å². The average Bonchev–Trinajstić information content (AvgIpc) is 2.99. The van der Waals surface area contributed by atoms with Gasteiger partial charge in [-0.15, -0.1) is 5.10 Å². The van der Waals surface area contributed by atoms with Gasteiger partial charge < -0.3 is 11.1 Å². The van der Waals surface area contributed by atoms with Crippen LogP contribution in [0.15, 0.2) is 6.20 Å². The van der Waals surface area contributed by atoms with Gasteiger partial charge in [0.05, 0.1) is 12.2 Å². The molecule has 0 radical (unpaired) electrons. The molecule has 1 saturated carbocycles. The van der Waals surface area contributed by atoms with E-state index in [1.165, 1.54) is 25.7 Å². The second-order valence-electron chi connectivity index (χ2n) is 4.52. The molecule has 2 rings (SSSR count). The van der Waals surface area contributed by atoms with Crippen LogP contribution >= 0.6 is 0 Å². The SMILES string of the molecule is NCCn1cc(CNCCCC2CC2)nn1. The Kier molecular flexibility index (Phi) is 4.30. The van der Waals surface area contributed by atoms with Gasteiger partial charge in [-0.1, -0.05) is 18.1 Å². The number of hydrogen-bond donors (Lipinski definition) is 2. The van der Waals surface area contributed by atoms with Crippen LogP contribution < -0.4 is 11.1 Å². The van der Waals surface area contributed by atoms with E-state index in [9.17, 15) is 0 Å². The van der Waals surface area contributed by atoms with E-state index in [4.69, 9.17) is 5.73 Å². The maximum Gasteiger partial charge on any atom is 0.0964 e. The average molecular weight is 223 g/mol. The van der Waals surface area contributed by atoms with E-state index in [0.29, 0.717) is 6.54 Å². The highest BCUT2D eigenvalue weighted by Crippen LogP contribution is 2.33. The second kappa shape index (κ2) is 5.96. The van der Waals surface area contributed by atoms with E-state index in [1.54, 1.807) is 4.68 Å². The summed E-state index contributed by atoms with van der Waals surface area (Å²) in [6.07, 6.45) is 7.52. The van der Waals surface area contributed by atoms with Crippen molar-refractivity contribution < 1.29 is 0 Å². The van der Waals surface area contributed by atoms with Gasteiger partial charge in [-0.25, -0.2) is 0 Å². The first-order valence-electron chi connectivity index (χ1n) is 6.18. The van der Waals surface area contributed by atoms with E-state index in [2.05, 4.69) is 15.6 Å². The zero-order chi connectivity index (χ0) is 11.2. The summed E-state index contributed by atoms with van der Waals surface area (Å²) < 4.78 is 1.79. The molecule has 0 aromatic carbocycles. The first-order chi connectivity index (χ1) is 7.88. The Morgan fingerprint density at radius 3 is 3.12 bits per heavy atom. The third-order valence-electron chi connectivity index (χ3n) is 2.91. The molecule has 3 N–H and O–H groups in total. The summed E-state index contributed by atoms with van der Waals surface area (Å²) in [5.41, 5.74) is 6.44. The highest BCUT2D eigenvalue weighted by atomic mass is 15.4. The van der Waals surface area contributed by atoms with Gasteiger partial charge in [0.15, 0.2) is 0 Å². The summed E-state index contributed by atoms with van der Waals surface area (Å²) in [5, 5.41) is 11.5. The van der Waals surface area contributed by atoms with Gasteiger partial charge in [0.1, 0.15) is 0 Å². The monoisotopic (exact) mass is 223 g/mol. The summed E-state index contributed by atoms with van der Waals surface area (Å²) in [6, 6.07) is 0. The van der Waals surface area contributed by atoms with Gasteiger partial charge >= 0.3 is 0 Å². The van der Waals surface area contributed by atoms with Crippen LogP contribution in [0, 0.1) is 5.92 Å². The molecule has 1 heterocycles.